The second kappa shape index (κ2) is 6.43. The number of fused-ring (bicyclic) bond motifs is 1. The maximum atomic E-state index is 14.4. The fourth-order valence-corrected chi connectivity index (χ4v) is 3.07. The lowest BCUT2D eigenvalue weighted by Crippen LogP contribution is -2.29. The Bertz CT molecular complexity index is 791. The monoisotopic (exact) mass is 339 g/mol. The highest BCUT2D eigenvalue weighted by atomic mass is 19.2. The van der Waals surface area contributed by atoms with Gasteiger partial charge in [0.25, 0.3) is 0 Å². The van der Waals surface area contributed by atoms with E-state index in [1.54, 1.807) is 6.92 Å². The van der Waals surface area contributed by atoms with Crippen molar-refractivity contribution in [3.05, 3.63) is 52.6 Å². The molecular formula is C18H17F4NO. The molecule has 0 heterocycles. The molecule has 2 N–H and O–H groups in total. The van der Waals surface area contributed by atoms with Crippen LogP contribution in [0.5, 0.6) is 5.75 Å². The van der Waals surface area contributed by atoms with E-state index in [4.69, 9.17) is 10.5 Å². The molecule has 0 radical (unpaired) electrons. The van der Waals surface area contributed by atoms with Gasteiger partial charge >= 0.3 is 0 Å². The smallest absolute Gasteiger partial charge is 0.201 e. The van der Waals surface area contributed by atoms with Crippen molar-refractivity contribution in [2.75, 3.05) is 6.61 Å². The number of hydrogen-bond donors (Lipinski definition) is 1. The van der Waals surface area contributed by atoms with E-state index in [9.17, 15) is 17.6 Å². The van der Waals surface area contributed by atoms with Crippen molar-refractivity contribution >= 4 is 0 Å². The molecule has 1 atom stereocenters. The average molecular weight is 339 g/mol. The number of ether oxygens (including phenoxy) is 1. The van der Waals surface area contributed by atoms with Crippen molar-refractivity contribution in [2.45, 2.75) is 32.2 Å². The first-order chi connectivity index (χ1) is 11.4. The fraction of sp³-hybridized carbons (Fsp3) is 0.333. The summed E-state index contributed by atoms with van der Waals surface area (Å²) in [6.45, 7) is 1.80. The molecule has 1 unspecified atom stereocenters. The van der Waals surface area contributed by atoms with Gasteiger partial charge < -0.3 is 10.5 Å². The maximum absolute atomic E-state index is 14.4. The van der Waals surface area contributed by atoms with Gasteiger partial charge in [0.1, 0.15) is 0 Å². The fourth-order valence-electron chi connectivity index (χ4n) is 3.07. The Balaban J connectivity index is 2.14. The van der Waals surface area contributed by atoms with Gasteiger partial charge in [-0.1, -0.05) is 0 Å². The summed E-state index contributed by atoms with van der Waals surface area (Å²) in [4.78, 5) is 0. The van der Waals surface area contributed by atoms with E-state index in [0.29, 0.717) is 18.4 Å². The molecule has 0 aromatic heterocycles. The van der Waals surface area contributed by atoms with Crippen molar-refractivity contribution in [3.63, 3.8) is 0 Å². The van der Waals surface area contributed by atoms with Gasteiger partial charge in [-0.3, -0.25) is 0 Å². The highest BCUT2D eigenvalue weighted by Crippen LogP contribution is 2.36. The third-order valence-electron chi connectivity index (χ3n) is 4.29. The van der Waals surface area contributed by atoms with Crippen LogP contribution in [0.25, 0.3) is 11.1 Å². The Morgan fingerprint density at radius 3 is 2.46 bits per heavy atom. The van der Waals surface area contributed by atoms with Crippen molar-refractivity contribution in [3.8, 4) is 16.9 Å². The lowest BCUT2D eigenvalue weighted by Gasteiger charge is -2.23. The maximum Gasteiger partial charge on any atom is 0.201 e. The van der Waals surface area contributed by atoms with Crippen molar-refractivity contribution in [2.24, 2.45) is 5.73 Å². The van der Waals surface area contributed by atoms with E-state index < -0.39 is 23.3 Å². The number of halogens is 4. The molecule has 1 aliphatic rings. The van der Waals surface area contributed by atoms with E-state index in [0.717, 1.165) is 0 Å². The summed E-state index contributed by atoms with van der Waals surface area (Å²) in [5, 5.41) is 0. The predicted octanol–water partition coefficient (Wildman–Crippen LogP) is 4.12. The van der Waals surface area contributed by atoms with Gasteiger partial charge in [0.15, 0.2) is 23.2 Å². The minimum absolute atomic E-state index is 0.164. The summed E-state index contributed by atoms with van der Waals surface area (Å²) >= 11 is 0. The summed E-state index contributed by atoms with van der Waals surface area (Å²) in [6, 6.07) is 3.57. The van der Waals surface area contributed by atoms with Crippen LogP contribution in [0, 0.1) is 23.3 Å². The molecule has 0 aliphatic heterocycles. The number of hydrogen-bond acceptors (Lipinski definition) is 2. The third-order valence-corrected chi connectivity index (χ3v) is 4.29. The second-order valence-corrected chi connectivity index (χ2v) is 5.86. The third kappa shape index (κ3) is 2.75. The van der Waals surface area contributed by atoms with Crippen molar-refractivity contribution < 1.29 is 22.3 Å². The quantitative estimate of drug-likeness (QED) is 0.854. The van der Waals surface area contributed by atoms with Crippen LogP contribution in [0.15, 0.2) is 18.2 Å². The summed E-state index contributed by atoms with van der Waals surface area (Å²) in [6.07, 6.45) is 1.35. The summed E-state index contributed by atoms with van der Waals surface area (Å²) < 4.78 is 62.1. The highest BCUT2D eigenvalue weighted by Gasteiger charge is 2.26. The molecule has 2 aromatic rings. The minimum atomic E-state index is -1.26. The Labute approximate surface area is 137 Å². The molecule has 128 valence electrons. The molecule has 2 nitrogen and oxygen atoms in total. The Kier molecular flexibility index (Phi) is 4.49. The summed E-state index contributed by atoms with van der Waals surface area (Å²) in [5.41, 5.74) is 5.98. The molecule has 0 saturated heterocycles. The molecule has 0 saturated carbocycles. The second-order valence-electron chi connectivity index (χ2n) is 5.86. The number of nitrogens with two attached hydrogens (primary N) is 1. The normalized spacial score (nSPS) is 16.8. The number of rotatable bonds is 3. The van der Waals surface area contributed by atoms with Crippen LogP contribution >= 0.6 is 0 Å². The summed E-state index contributed by atoms with van der Waals surface area (Å²) in [5.74, 6) is -4.96. The zero-order valence-electron chi connectivity index (χ0n) is 13.1. The van der Waals surface area contributed by atoms with E-state index in [2.05, 4.69) is 0 Å². The predicted molar refractivity (Wildman–Crippen MR) is 82.9 cm³/mol. The lowest BCUT2D eigenvalue weighted by atomic mass is 9.86. The van der Waals surface area contributed by atoms with Gasteiger partial charge in [-0.2, -0.15) is 4.39 Å². The topological polar surface area (TPSA) is 35.2 Å². The molecule has 6 heteroatoms. The molecule has 24 heavy (non-hydrogen) atoms. The van der Waals surface area contributed by atoms with Gasteiger partial charge in [-0.25, -0.2) is 13.2 Å². The average Bonchev–Trinajstić information content (AvgIpc) is 2.56. The van der Waals surface area contributed by atoms with E-state index in [1.807, 2.05) is 0 Å². The standard InChI is InChI=1S/C18H17F4NO/c1-2-24-14-6-5-11(15(19)18(14)22)13-7-9-3-4-10(23)8-12(9)16(20)17(13)21/h5-7,10H,2-4,8,23H2,1H3. The van der Waals surface area contributed by atoms with Crippen LogP contribution < -0.4 is 10.5 Å². The van der Waals surface area contributed by atoms with E-state index in [1.165, 1.54) is 18.2 Å². The summed E-state index contributed by atoms with van der Waals surface area (Å²) in [7, 11) is 0. The first kappa shape index (κ1) is 16.8. The Hall–Kier alpha value is -2.08. The molecule has 0 spiro atoms. The molecule has 0 bridgehead atoms. The first-order valence-electron chi connectivity index (χ1n) is 7.80. The van der Waals surface area contributed by atoms with Crippen LogP contribution in [0.1, 0.15) is 24.5 Å². The number of benzene rings is 2. The van der Waals surface area contributed by atoms with Gasteiger partial charge in [0.05, 0.1) is 6.61 Å². The van der Waals surface area contributed by atoms with Crippen LogP contribution in [-0.2, 0) is 12.8 Å². The zero-order valence-corrected chi connectivity index (χ0v) is 13.1. The molecule has 3 rings (SSSR count). The largest absolute Gasteiger partial charge is 0.491 e. The van der Waals surface area contributed by atoms with Crippen LogP contribution in [0.4, 0.5) is 17.6 Å². The first-order valence-corrected chi connectivity index (χ1v) is 7.80. The minimum Gasteiger partial charge on any atom is -0.491 e. The van der Waals surface area contributed by atoms with Crippen LogP contribution in [-0.4, -0.2) is 12.6 Å². The Morgan fingerprint density at radius 2 is 1.75 bits per heavy atom. The highest BCUT2D eigenvalue weighted by molar-refractivity contribution is 5.68. The Morgan fingerprint density at radius 1 is 1.04 bits per heavy atom. The molecule has 0 amide bonds. The molecular weight excluding hydrogens is 322 g/mol. The van der Waals surface area contributed by atoms with Crippen LogP contribution in [0.2, 0.25) is 0 Å². The molecule has 1 aliphatic carbocycles. The van der Waals surface area contributed by atoms with Gasteiger partial charge in [0, 0.05) is 17.2 Å². The van der Waals surface area contributed by atoms with E-state index >= 15 is 0 Å². The lowest BCUT2D eigenvalue weighted by molar-refractivity contribution is 0.314. The van der Waals surface area contributed by atoms with Crippen molar-refractivity contribution in [1.82, 2.24) is 0 Å². The van der Waals surface area contributed by atoms with Crippen molar-refractivity contribution in [1.29, 1.82) is 0 Å². The zero-order chi connectivity index (χ0) is 17.4. The van der Waals surface area contributed by atoms with E-state index in [-0.39, 0.29) is 41.5 Å². The molecule has 2 aromatic carbocycles. The van der Waals surface area contributed by atoms with Gasteiger partial charge in [-0.05, 0) is 55.5 Å². The van der Waals surface area contributed by atoms with Gasteiger partial charge in [0.2, 0.25) is 5.82 Å². The SMILES string of the molecule is CCOc1ccc(-c2cc3c(c(F)c2F)CC(N)CC3)c(F)c1F. The number of aryl methyl sites for hydroxylation is 1. The van der Waals surface area contributed by atoms with Crippen LogP contribution in [0.3, 0.4) is 0 Å². The van der Waals surface area contributed by atoms with Gasteiger partial charge in [-0.15, -0.1) is 0 Å². The molecule has 0 fully saturated rings.